The molecule has 0 fully saturated rings. The summed E-state index contributed by atoms with van der Waals surface area (Å²) in [6.07, 6.45) is -0.410. The molecule has 8 heteroatoms. The zero-order chi connectivity index (χ0) is 11.8. The zero-order valence-electron chi connectivity index (χ0n) is 8.56. The summed E-state index contributed by atoms with van der Waals surface area (Å²) in [7, 11) is 0. The van der Waals surface area contributed by atoms with Crippen molar-refractivity contribution in [3.05, 3.63) is 11.1 Å². The molecule has 1 aromatic heterocycles. The van der Waals surface area contributed by atoms with E-state index >= 15 is 0 Å². The highest BCUT2D eigenvalue weighted by molar-refractivity contribution is 7.13. The molecule has 0 saturated carbocycles. The number of nitrogens with zero attached hydrogens (tertiary/aromatic N) is 1. The van der Waals surface area contributed by atoms with Crippen LogP contribution in [0, 0.1) is 0 Å². The van der Waals surface area contributed by atoms with E-state index in [1.807, 2.05) is 10.8 Å². The van der Waals surface area contributed by atoms with Crippen LogP contribution in [0.3, 0.4) is 0 Å². The Balaban J connectivity index is 2.25. The number of rotatable bonds is 7. The fraction of sp³-hybridized carbons (Fsp3) is 0.500. The number of nitrogens with one attached hydrogen (secondary N) is 3. The topological polar surface area (TPSA) is 107 Å². The first-order chi connectivity index (χ1) is 7.72. The van der Waals surface area contributed by atoms with Crippen LogP contribution in [-0.2, 0) is 6.42 Å². The summed E-state index contributed by atoms with van der Waals surface area (Å²) >= 11 is 1.33. The number of anilines is 1. The molecule has 0 aliphatic carbocycles. The van der Waals surface area contributed by atoms with Crippen LogP contribution in [0.2, 0.25) is 0 Å². The summed E-state index contributed by atoms with van der Waals surface area (Å²) in [6.45, 7) is 1.41. The Bertz CT molecular complexity index is 331. The fourth-order valence-corrected chi connectivity index (χ4v) is 1.70. The van der Waals surface area contributed by atoms with Gasteiger partial charge in [0.05, 0.1) is 12.3 Å². The van der Waals surface area contributed by atoms with E-state index in [-0.39, 0.29) is 6.61 Å². The minimum absolute atomic E-state index is 0.117. The molecule has 5 N–H and O–H groups in total. The lowest BCUT2D eigenvalue weighted by molar-refractivity contribution is 0.197. The van der Waals surface area contributed by atoms with Crippen molar-refractivity contribution >= 4 is 22.6 Å². The Hall–Kier alpha value is -1.38. The summed E-state index contributed by atoms with van der Waals surface area (Å²) < 4.78 is 0. The summed E-state index contributed by atoms with van der Waals surface area (Å²) in [5.41, 5.74) is 5.36. The van der Waals surface area contributed by atoms with Crippen LogP contribution in [0.25, 0.3) is 0 Å². The molecule has 0 aliphatic rings. The average molecular weight is 246 g/mol. The van der Waals surface area contributed by atoms with E-state index in [2.05, 4.69) is 15.7 Å². The van der Waals surface area contributed by atoms with Gasteiger partial charge in [-0.05, 0) is 0 Å². The van der Waals surface area contributed by atoms with E-state index in [1.54, 1.807) is 0 Å². The molecule has 0 atom stereocenters. The highest BCUT2D eigenvalue weighted by atomic mass is 32.1. The van der Waals surface area contributed by atoms with Gasteiger partial charge in [-0.2, -0.15) is 0 Å². The van der Waals surface area contributed by atoms with Crippen molar-refractivity contribution in [1.82, 2.24) is 15.7 Å². The van der Waals surface area contributed by atoms with Crippen LogP contribution in [0.4, 0.5) is 9.93 Å². The van der Waals surface area contributed by atoms with E-state index in [0.717, 1.165) is 18.7 Å². The SMILES string of the molecule is O=C(O)NNc1nc(CCNCCO)cs1. The van der Waals surface area contributed by atoms with Crippen molar-refractivity contribution in [3.63, 3.8) is 0 Å². The number of hydrogen-bond donors (Lipinski definition) is 5. The van der Waals surface area contributed by atoms with Gasteiger partial charge in [0, 0.05) is 24.9 Å². The highest BCUT2D eigenvalue weighted by Gasteiger charge is 2.02. The van der Waals surface area contributed by atoms with Gasteiger partial charge in [-0.1, -0.05) is 0 Å². The van der Waals surface area contributed by atoms with Gasteiger partial charge in [0.1, 0.15) is 0 Å². The molecule has 0 spiro atoms. The lowest BCUT2D eigenvalue weighted by Crippen LogP contribution is -2.27. The fourth-order valence-electron chi connectivity index (χ4n) is 1.01. The number of hydrazine groups is 1. The Kier molecular flexibility index (Phi) is 5.54. The monoisotopic (exact) mass is 246 g/mol. The van der Waals surface area contributed by atoms with E-state index in [9.17, 15) is 4.79 Å². The molecule has 7 nitrogen and oxygen atoms in total. The van der Waals surface area contributed by atoms with Gasteiger partial charge in [0.15, 0.2) is 0 Å². The smallest absolute Gasteiger partial charge is 0.423 e. The van der Waals surface area contributed by atoms with Crippen molar-refractivity contribution in [2.24, 2.45) is 0 Å². The van der Waals surface area contributed by atoms with Gasteiger partial charge in [-0.15, -0.1) is 11.3 Å². The zero-order valence-corrected chi connectivity index (χ0v) is 9.38. The molecule has 16 heavy (non-hydrogen) atoms. The first-order valence-electron chi connectivity index (χ1n) is 4.73. The third-order valence-corrected chi connectivity index (χ3v) is 2.48. The minimum Gasteiger partial charge on any atom is -0.464 e. The van der Waals surface area contributed by atoms with Crippen molar-refractivity contribution < 1.29 is 15.0 Å². The van der Waals surface area contributed by atoms with Gasteiger partial charge in [0.25, 0.3) is 0 Å². The Morgan fingerprint density at radius 1 is 1.50 bits per heavy atom. The minimum atomic E-state index is -1.15. The molecule has 1 aromatic rings. The number of aromatic nitrogens is 1. The maximum absolute atomic E-state index is 10.2. The normalized spacial score (nSPS) is 10.1. The first-order valence-corrected chi connectivity index (χ1v) is 5.61. The van der Waals surface area contributed by atoms with Crippen LogP contribution < -0.4 is 16.2 Å². The third kappa shape index (κ3) is 4.91. The van der Waals surface area contributed by atoms with Crippen LogP contribution in [0.5, 0.6) is 0 Å². The standard InChI is InChI=1S/C8H14N4O3S/c13-4-3-9-2-1-6-5-16-7(10-6)11-12-8(14)15/h5,9,12-13H,1-4H2,(H,10,11)(H,14,15). The highest BCUT2D eigenvalue weighted by Crippen LogP contribution is 2.14. The molecule has 1 rings (SSSR count). The molecule has 0 aliphatic heterocycles. The van der Waals surface area contributed by atoms with Crippen molar-refractivity contribution in [2.75, 3.05) is 25.1 Å². The number of aliphatic hydroxyl groups excluding tert-OH is 1. The molecule has 1 heterocycles. The van der Waals surface area contributed by atoms with Crippen LogP contribution >= 0.6 is 11.3 Å². The predicted octanol–water partition coefficient (Wildman–Crippen LogP) is -0.138. The third-order valence-electron chi connectivity index (χ3n) is 1.67. The van der Waals surface area contributed by atoms with Crippen LogP contribution in [-0.4, -0.2) is 41.0 Å². The number of aliphatic hydroxyl groups is 1. The van der Waals surface area contributed by atoms with E-state index < -0.39 is 6.09 Å². The molecule has 0 aromatic carbocycles. The van der Waals surface area contributed by atoms with Gasteiger partial charge in [-0.25, -0.2) is 15.2 Å². The van der Waals surface area contributed by atoms with Crippen molar-refractivity contribution in [3.8, 4) is 0 Å². The van der Waals surface area contributed by atoms with Crippen LogP contribution in [0.15, 0.2) is 5.38 Å². The summed E-state index contributed by atoms with van der Waals surface area (Å²) in [6, 6.07) is 0. The molecular weight excluding hydrogens is 232 g/mol. The maximum Gasteiger partial charge on any atom is 0.423 e. The quantitative estimate of drug-likeness (QED) is 0.339. The van der Waals surface area contributed by atoms with Crippen molar-refractivity contribution in [1.29, 1.82) is 0 Å². The summed E-state index contributed by atoms with van der Waals surface area (Å²) in [5.74, 6) is 0. The molecule has 90 valence electrons. The lowest BCUT2D eigenvalue weighted by Gasteiger charge is -2.00. The second-order valence-corrected chi connectivity index (χ2v) is 3.78. The average Bonchev–Trinajstić information content (AvgIpc) is 2.70. The number of thiazole rings is 1. The predicted molar refractivity (Wildman–Crippen MR) is 60.6 cm³/mol. The van der Waals surface area contributed by atoms with Gasteiger partial charge in [-0.3, -0.25) is 5.43 Å². The summed E-state index contributed by atoms with van der Waals surface area (Å²) in [4.78, 5) is 14.4. The molecule has 1 amide bonds. The Morgan fingerprint density at radius 2 is 2.31 bits per heavy atom. The molecule has 0 saturated heterocycles. The lowest BCUT2D eigenvalue weighted by atomic mass is 10.3. The second-order valence-electron chi connectivity index (χ2n) is 2.92. The Labute approximate surface area is 96.5 Å². The van der Waals surface area contributed by atoms with E-state index in [0.29, 0.717) is 11.7 Å². The van der Waals surface area contributed by atoms with E-state index in [4.69, 9.17) is 10.2 Å². The van der Waals surface area contributed by atoms with Gasteiger partial charge < -0.3 is 15.5 Å². The first kappa shape index (κ1) is 12.7. The summed E-state index contributed by atoms with van der Waals surface area (Å²) in [5, 5.41) is 22.3. The second kappa shape index (κ2) is 6.99. The maximum atomic E-state index is 10.2. The number of hydrogen-bond acceptors (Lipinski definition) is 6. The van der Waals surface area contributed by atoms with Gasteiger partial charge in [0.2, 0.25) is 5.13 Å². The van der Waals surface area contributed by atoms with E-state index in [1.165, 1.54) is 11.3 Å². The Morgan fingerprint density at radius 3 is 3.00 bits per heavy atom. The largest absolute Gasteiger partial charge is 0.464 e. The molecule has 0 unspecified atom stereocenters. The number of amides is 1. The van der Waals surface area contributed by atoms with Gasteiger partial charge >= 0.3 is 6.09 Å². The molecule has 0 bridgehead atoms. The molecular formula is C8H14N4O3S. The number of carbonyl (C=O) groups is 1. The van der Waals surface area contributed by atoms with Crippen molar-refractivity contribution in [2.45, 2.75) is 6.42 Å². The molecule has 0 radical (unpaired) electrons. The van der Waals surface area contributed by atoms with Crippen LogP contribution in [0.1, 0.15) is 5.69 Å². The number of carboxylic acid groups (broad SMARTS) is 1.